The molecule has 9 nitrogen and oxygen atoms in total. The Morgan fingerprint density at radius 1 is 1.18 bits per heavy atom. The highest BCUT2D eigenvalue weighted by molar-refractivity contribution is 7.85. The second-order valence-electron chi connectivity index (χ2n) is 9.90. The fourth-order valence-corrected chi connectivity index (χ4v) is 7.46. The molecule has 0 saturated carbocycles. The summed E-state index contributed by atoms with van der Waals surface area (Å²) in [5, 5.41) is 6.70. The van der Waals surface area contributed by atoms with Crippen LogP contribution in [0.3, 0.4) is 0 Å². The smallest absolute Gasteiger partial charge is 0.318 e. The van der Waals surface area contributed by atoms with Gasteiger partial charge < -0.3 is 25.2 Å². The molecule has 3 atom stereocenters. The van der Waals surface area contributed by atoms with Crippen molar-refractivity contribution >= 4 is 28.6 Å². The summed E-state index contributed by atoms with van der Waals surface area (Å²) >= 11 is 0. The van der Waals surface area contributed by atoms with E-state index >= 15 is 0 Å². The summed E-state index contributed by atoms with van der Waals surface area (Å²) in [5.74, 6) is 2.30. The molecule has 3 unspecified atom stereocenters. The molecule has 0 radical (unpaired) electrons. The van der Waals surface area contributed by atoms with Crippen molar-refractivity contribution in [2.45, 2.75) is 54.6 Å². The molecule has 3 fully saturated rings. The van der Waals surface area contributed by atoms with Crippen LogP contribution in [-0.4, -0.2) is 81.8 Å². The molecule has 1 aromatic rings. The number of ether oxygens (including phenoxy) is 1. The molecule has 10 heteroatoms. The van der Waals surface area contributed by atoms with Gasteiger partial charge in [-0.05, 0) is 25.7 Å². The van der Waals surface area contributed by atoms with Crippen LogP contribution in [0.2, 0.25) is 0 Å². The lowest BCUT2D eigenvalue weighted by Gasteiger charge is -2.56. The van der Waals surface area contributed by atoms with Crippen LogP contribution >= 0.6 is 0 Å². The molecular formula is C24H32N6O3S. The van der Waals surface area contributed by atoms with E-state index in [9.17, 15) is 9.00 Å². The molecule has 182 valence electrons. The maximum atomic E-state index is 12.7. The summed E-state index contributed by atoms with van der Waals surface area (Å²) in [6.07, 6.45) is 12.7. The third kappa shape index (κ3) is 3.62. The molecule has 1 aliphatic carbocycles. The van der Waals surface area contributed by atoms with Crippen molar-refractivity contribution in [1.82, 2.24) is 20.2 Å². The van der Waals surface area contributed by atoms with Crippen molar-refractivity contribution in [1.29, 1.82) is 0 Å². The summed E-state index contributed by atoms with van der Waals surface area (Å²) in [4.78, 5) is 27.5. The number of allylic oxidation sites excluding steroid dienone is 2. The molecule has 34 heavy (non-hydrogen) atoms. The van der Waals surface area contributed by atoms with Gasteiger partial charge in [0.1, 0.15) is 10.7 Å². The second kappa shape index (κ2) is 8.64. The minimum Gasteiger partial charge on any atom is -0.381 e. The Labute approximate surface area is 202 Å². The lowest BCUT2D eigenvalue weighted by Crippen LogP contribution is -2.70. The first kappa shape index (κ1) is 22.0. The van der Waals surface area contributed by atoms with Crippen molar-refractivity contribution in [3.8, 4) is 0 Å². The molecule has 2 N–H and O–H groups in total. The lowest BCUT2D eigenvalue weighted by molar-refractivity contribution is 0.0396. The van der Waals surface area contributed by atoms with Gasteiger partial charge in [0.2, 0.25) is 5.95 Å². The summed E-state index contributed by atoms with van der Waals surface area (Å²) in [6, 6.07) is 0.316. The number of piperidine rings is 1. The van der Waals surface area contributed by atoms with Gasteiger partial charge >= 0.3 is 6.03 Å². The van der Waals surface area contributed by atoms with E-state index in [1.165, 1.54) is 0 Å². The summed E-state index contributed by atoms with van der Waals surface area (Å²) in [7, 11) is 0.869. The molecule has 6 rings (SSSR count). The van der Waals surface area contributed by atoms with Gasteiger partial charge in [-0.2, -0.15) is 4.98 Å². The monoisotopic (exact) mass is 484 g/mol. The first-order valence-corrected chi connectivity index (χ1v) is 13.6. The molecule has 5 heterocycles. The molecule has 4 aliphatic heterocycles. The Morgan fingerprint density at radius 2 is 1.94 bits per heavy atom. The highest BCUT2D eigenvalue weighted by Crippen LogP contribution is 2.42. The number of rotatable bonds is 3. The zero-order valence-corrected chi connectivity index (χ0v) is 20.4. The quantitative estimate of drug-likeness (QED) is 0.675. The van der Waals surface area contributed by atoms with E-state index in [4.69, 9.17) is 14.7 Å². The highest BCUT2D eigenvalue weighted by Gasteiger charge is 2.52. The van der Waals surface area contributed by atoms with Crippen LogP contribution < -0.4 is 15.5 Å². The number of hydrogen-bond acceptors (Lipinski definition) is 7. The van der Waals surface area contributed by atoms with Gasteiger partial charge in [-0.15, -0.1) is 0 Å². The molecule has 0 bridgehead atoms. The van der Waals surface area contributed by atoms with Gasteiger partial charge in [-0.3, -0.25) is 4.21 Å². The number of carbonyl (C=O) groups excluding carboxylic acids is 1. The van der Waals surface area contributed by atoms with Crippen LogP contribution in [0.25, 0.3) is 0 Å². The van der Waals surface area contributed by atoms with E-state index in [-0.39, 0.29) is 29.6 Å². The van der Waals surface area contributed by atoms with Crippen LogP contribution in [0.15, 0.2) is 29.2 Å². The van der Waals surface area contributed by atoms with Gasteiger partial charge in [0, 0.05) is 57.5 Å². The Hall–Kier alpha value is -2.46. The van der Waals surface area contributed by atoms with Gasteiger partial charge in [-0.25, -0.2) is 9.78 Å². The number of urea groups is 1. The summed E-state index contributed by atoms with van der Waals surface area (Å²) in [6.45, 7) is 3.03. The zero-order valence-electron chi connectivity index (χ0n) is 19.5. The Balaban J connectivity index is 1.26. The van der Waals surface area contributed by atoms with Gasteiger partial charge in [0.15, 0.2) is 0 Å². The fraction of sp³-hybridized carbons (Fsp3) is 0.625. The van der Waals surface area contributed by atoms with Crippen molar-refractivity contribution < 1.29 is 13.7 Å². The van der Waals surface area contributed by atoms with Crippen molar-refractivity contribution in [3.63, 3.8) is 0 Å². The zero-order chi connectivity index (χ0) is 23.3. The van der Waals surface area contributed by atoms with E-state index in [0.29, 0.717) is 11.7 Å². The molecular weight excluding hydrogens is 452 g/mol. The van der Waals surface area contributed by atoms with Crippen LogP contribution in [-0.2, 0) is 22.0 Å². The number of nitrogens with one attached hydrogen (secondary N) is 2. The Bertz CT molecular complexity index is 1060. The van der Waals surface area contributed by atoms with E-state index in [1.54, 1.807) is 0 Å². The number of hydrogen-bond donors (Lipinski definition) is 2. The number of aryl methyl sites for hydroxylation is 1. The SMILES string of the molecule is CN1C(=O)NC2C=CC=CC2C12CCN(c1nc3c(c(NC4CCOCC4)n1)S(=O)CC3)CC2. The summed E-state index contributed by atoms with van der Waals surface area (Å²) in [5.41, 5.74) is 0.694. The van der Waals surface area contributed by atoms with E-state index < -0.39 is 10.8 Å². The molecule has 3 saturated heterocycles. The first-order chi connectivity index (χ1) is 16.5. The van der Waals surface area contributed by atoms with Crippen LogP contribution in [0.5, 0.6) is 0 Å². The Morgan fingerprint density at radius 3 is 2.74 bits per heavy atom. The normalized spacial score (nSPS) is 30.3. The van der Waals surface area contributed by atoms with Crippen molar-refractivity contribution in [3.05, 3.63) is 30.0 Å². The van der Waals surface area contributed by atoms with E-state index in [0.717, 1.165) is 74.8 Å². The second-order valence-corrected chi connectivity index (χ2v) is 11.4. The Kier molecular flexibility index (Phi) is 5.60. The van der Waals surface area contributed by atoms with E-state index in [2.05, 4.69) is 33.8 Å². The average Bonchev–Trinajstić information content (AvgIpc) is 3.25. The van der Waals surface area contributed by atoms with E-state index in [1.807, 2.05) is 18.0 Å². The molecule has 2 amide bonds. The fourth-order valence-electron chi connectivity index (χ4n) is 6.14. The number of nitrogens with zero attached hydrogens (tertiary/aromatic N) is 4. The minimum absolute atomic E-state index is 0.00569. The standard InChI is InChI=1S/C24H32N6O3S/c1-29-23(31)27-18-5-3-2-4-17(18)24(29)9-11-30(12-10-24)22-26-19-8-15-34(32)20(19)21(28-22)25-16-6-13-33-14-7-16/h2-5,16-18H,6-15H2,1H3,(H,27,31)(H,25,26,28). The number of anilines is 2. The molecule has 1 spiro atoms. The number of fused-ring (bicyclic) bond motifs is 3. The third-order valence-electron chi connectivity index (χ3n) is 8.17. The van der Waals surface area contributed by atoms with Crippen molar-refractivity contribution in [2.24, 2.45) is 5.92 Å². The van der Waals surface area contributed by atoms with Crippen molar-refractivity contribution in [2.75, 3.05) is 49.3 Å². The molecule has 5 aliphatic rings. The number of aromatic nitrogens is 2. The van der Waals surface area contributed by atoms with Crippen LogP contribution in [0.1, 0.15) is 31.4 Å². The number of carbonyl (C=O) groups is 1. The summed E-state index contributed by atoms with van der Waals surface area (Å²) < 4.78 is 18.2. The first-order valence-electron chi connectivity index (χ1n) is 12.3. The maximum Gasteiger partial charge on any atom is 0.318 e. The largest absolute Gasteiger partial charge is 0.381 e. The molecule has 0 aromatic carbocycles. The highest BCUT2D eigenvalue weighted by atomic mass is 32.2. The third-order valence-corrected chi connectivity index (χ3v) is 9.63. The maximum absolute atomic E-state index is 12.7. The minimum atomic E-state index is -1.05. The lowest BCUT2D eigenvalue weighted by atomic mass is 9.69. The van der Waals surface area contributed by atoms with Crippen LogP contribution in [0, 0.1) is 5.92 Å². The van der Waals surface area contributed by atoms with Gasteiger partial charge in [0.05, 0.1) is 28.1 Å². The van der Waals surface area contributed by atoms with Gasteiger partial charge in [0.25, 0.3) is 0 Å². The average molecular weight is 485 g/mol. The molecule has 1 aromatic heterocycles. The predicted octanol–water partition coefficient (Wildman–Crippen LogP) is 1.84. The van der Waals surface area contributed by atoms with Crippen LogP contribution in [0.4, 0.5) is 16.6 Å². The predicted molar refractivity (Wildman–Crippen MR) is 131 cm³/mol. The topological polar surface area (TPSA) is 99.7 Å². The number of amides is 2. The van der Waals surface area contributed by atoms with Gasteiger partial charge in [-0.1, -0.05) is 24.3 Å².